The van der Waals surface area contributed by atoms with Crippen molar-refractivity contribution in [1.29, 1.82) is 0 Å². The van der Waals surface area contributed by atoms with Gasteiger partial charge >= 0.3 is 12.4 Å². The number of nitrogens with zero attached hydrogens (tertiary/aromatic N) is 1. The third-order valence-corrected chi connectivity index (χ3v) is 5.57. The molecule has 1 amide bonds. The number of hydrogen-bond acceptors (Lipinski definition) is 3. The highest BCUT2D eigenvalue weighted by molar-refractivity contribution is 7.89. The van der Waals surface area contributed by atoms with E-state index in [-0.39, 0.29) is 16.6 Å². The molecule has 1 N–H and O–H groups in total. The van der Waals surface area contributed by atoms with E-state index in [0.717, 1.165) is 28.6 Å². The number of amides is 1. The van der Waals surface area contributed by atoms with Crippen LogP contribution in [0, 0.1) is 0 Å². The molecule has 0 aliphatic carbocycles. The molecule has 2 rings (SSSR count). The Bertz CT molecular complexity index is 981. The van der Waals surface area contributed by atoms with Crippen molar-refractivity contribution in [3.05, 3.63) is 59.2 Å². The molecular formula is C17H14F6N2O3S. The van der Waals surface area contributed by atoms with Gasteiger partial charge in [-0.15, -0.1) is 0 Å². The molecule has 0 atom stereocenters. The zero-order valence-electron chi connectivity index (χ0n) is 14.9. The first-order chi connectivity index (χ1) is 13.1. The molecule has 0 aromatic heterocycles. The fourth-order valence-electron chi connectivity index (χ4n) is 2.21. The summed E-state index contributed by atoms with van der Waals surface area (Å²) in [6.45, 7) is 0. The second-order valence-corrected chi connectivity index (χ2v) is 8.21. The number of alkyl halides is 6. The van der Waals surface area contributed by atoms with Gasteiger partial charge in [-0.05, 0) is 42.5 Å². The Hall–Kier alpha value is -2.60. The number of sulfonamides is 1. The van der Waals surface area contributed by atoms with E-state index in [0.29, 0.717) is 12.1 Å². The Morgan fingerprint density at radius 1 is 0.862 bits per heavy atom. The number of hydrogen-bond donors (Lipinski definition) is 1. The summed E-state index contributed by atoms with van der Waals surface area (Å²) in [6.07, 6.45) is -10.2. The van der Waals surface area contributed by atoms with Gasteiger partial charge in [-0.3, -0.25) is 4.79 Å². The minimum absolute atomic E-state index is 0.0151. The van der Waals surface area contributed by atoms with Crippen LogP contribution in [0.5, 0.6) is 0 Å². The highest BCUT2D eigenvalue weighted by atomic mass is 32.2. The van der Waals surface area contributed by atoms with Crippen LogP contribution >= 0.6 is 0 Å². The lowest BCUT2D eigenvalue weighted by atomic mass is 10.0. The highest BCUT2D eigenvalue weighted by Gasteiger charge is 2.37. The van der Waals surface area contributed by atoms with E-state index in [1.54, 1.807) is 0 Å². The van der Waals surface area contributed by atoms with Crippen molar-refractivity contribution in [2.24, 2.45) is 0 Å². The highest BCUT2D eigenvalue weighted by Crippen LogP contribution is 2.36. The smallest absolute Gasteiger partial charge is 0.322 e. The number of rotatable bonds is 4. The first-order valence-corrected chi connectivity index (χ1v) is 9.20. The molecule has 2 aromatic rings. The average molecular weight is 440 g/mol. The van der Waals surface area contributed by atoms with Crippen LogP contribution in [0.25, 0.3) is 0 Å². The Morgan fingerprint density at radius 3 is 1.69 bits per heavy atom. The van der Waals surface area contributed by atoms with Gasteiger partial charge < -0.3 is 5.32 Å². The van der Waals surface area contributed by atoms with Crippen LogP contribution in [-0.4, -0.2) is 32.7 Å². The molecule has 0 saturated carbocycles. The third kappa shape index (κ3) is 5.26. The van der Waals surface area contributed by atoms with Crippen LogP contribution in [-0.2, 0) is 22.4 Å². The number of anilines is 1. The predicted octanol–water partition coefficient (Wildman–Crippen LogP) is 4.23. The van der Waals surface area contributed by atoms with Gasteiger partial charge in [0.2, 0.25) is 10.0 Å². The maximum Gasteiger partial charge on any atom is 0.416 e. The SMILES string of the molecule is CN(C)S(=O)(=O)c1ccc(NC(=O)c2cc(C(F)(F)F)cc(C(F)(F)F)c2)cc1. The minimum Gasteiger partial charge on any atom is -0.322 e. The molecule has 29 heavy (non-hydrogen) atoms. The largest absolute Gasteiger partial charge is 0.416 e. The predicted molar refractivity (Wildman–Crippen MR) is 91.7 cm³/mol. The fraction of sp³-hybridized carbons (Fsp3) is 0.235. The van der Waals surface area contributed by atoms with Gasteiger partial charge in [0.25, 0.3) is 5.91 Å². The maximum absolute atomic E-state index is 12.9. The maximum atomic E-state index is 12.9. The van der Waals surface area contributed by atoms with Crippen molar-refractivity contribution in [3.63, 3.8) is 0 Å². The fourth-order valence-corrected chi connectivity index (χ4v) is 3.11. The molecule has 0 unspecified atom stereocenters. The summed E-state index contributed by atoms with van der Waals surface area (Å²) in [4.78, 5) is 12.1. The van der Waals surface area contributed by atoms with Crippen LogP contribution < -0.4 is 5.32 Å². The van der Waals surface area contributed by atoms with E-state index in [1.807, 2.05) is 0 Å². The van der Waals surface area contributed by atoms with E-state index < -0.39 is 45.0 Å². The van der Waals surface area contributed by atoms with Crippen molar-refractivity contribution in [3.8, 4) is 0 Å². The molecule has 0 aliphatic rings. The van der Waals surface area contributed by atoms with E-state index in [2.05, 4.69) is 5.32 Å². The average Bonchev–Trinajstić information content (AvgIpc) is 2.60. The summed E-state index contributed by atoms with van der Waals surface area (Å²) in [5, 5.41) is 2.14. The number of carbonyl (C=O) groups excluding carboxylic acids is 1. The Labute approximate surface area is 162 Å². The van der Waals surface area contributed by atoms with E-state index >= 15 is 0 Å². The molecule has 0 radical (unpaired) electrons. The van der Waals surface area contributed by atoms with Crippen LogP contribution in [0.2, 0.25) is 0 Å². The van der Waals surface area contributed by atoms with Crippen LogP contribution in [0.4, 0.5) is 32.0 Å². The van der Waals surface area contributed by atoms with Crippen molar-refractivity contribution in [2.75, 3.05) is 19.4 Å². The molecule has 0 bridgehead atoms. The minimum atomic E-state index is -5.08. The summed E-state index contributed by atoms with van der Waals surface area (Å²) in [7, 11) is -1.14. The lowest BCUT2D eigenvalue weighted by Crippen LogP contribution is -2.22. The molecular weight excluding hydrogens is 426 g/mol. The summed E-state index contributed by atoms with van der Waals surface area (Å²) >= 11 is 0. The van der Waals surface area contributed by atoms with E-state index in [4.69, 9.17) is 0 Å². The topological polar surface area (TPSA) is 66.5 Å². The second kappa shape index (κ2) is 7.67. The van der Waals surface area contributed by atoms with Gasteiger partial charge in [0.05, 0.1) is 16.0 Å². The van der Waals surface area contributed by atoms with Crippen molar-refractivity contribution in [2.45, 2.75) is 17.2 Å². The van der Waals surface area contributed by atoms with Gasteiger partial charge in [0, 0.05) is 25.3 Å². The van der Waals surface area contributed by atoms with Gasteiger partial charge in [-0.1, -0.05) is 0 Å². The molecule has 0 saturated heterocycles. The Kier molecular flexibility index (Phi) is 6.00. The Morgan fingerprint density at radius 2 is 1.31 bits per heavy atom. The monoisotopic (exact) mass is 440 g/mol. The summed E-state index contributed by atoms with van der Waals surface area (Å²) in [6, 6.07) is 5.11. The normalized spacial score (nSPS) is 12.9. The molecule has 0 aliphatic heterocycles. The van der Waals surface area contributed by atoms with Crippen LogP contribution in [0.3, 0.4) is 0 Å². The van der Waals surface area contributed by atoms with Crippen molar-refractivity contribution >= 4 is 21.6 Å². The molecule has 12 heteroatoms. The number of carbonyl (C=O) groups is 1. The standard InChI is InChI=1S/C17H14F6N2O3S/c1-25(2)29(27,28)14-5-3-13(4-6-14)24-15(26)10-7-11(16(18,19)20)9-12(8-10)17(21,22)23/h3-9H,1-2H3,(H,24,26). The molecule has 0 heterocycles. The zero-order chi connectivity index (χ0) is 22.2. The van der Waals surface area contributed by atoms with E-state index in [1.165, 1.54) is 14.1 Å². The second-order valence-electron chi connectivity index (χ2n) is 6.06. The van der Waals surface area contributed by atoms with Crippen LogP contribution in [0.1, 0.15) is 21.5 Å². The third-order valence-electron chi connectivity index (χ3n) is 3.74. The lowest BCUT2D eigenvalue weighted by molar-refractivity contribution is -0.143. The Balaban J connectivity index is 2.36. The molecule has 0 fully saturated rings. The molecule has 5 nitrogen and oxygen atoms in total. The number of benzene rings is 2. The van der Waals surface area contributed by atoms with Gasteiger partial charge in [-0.2, -0.15) is 26.3 Å². The number of nitrogens with one attached hydrogen (secondary N) is 1. The molecule has 0 spiro atoms. The van der Waals surface area contributed by atoms with Crippen molar-refractivity contribution in [1.82, 2.24) is 4.31 Å². The van der Waals surface area contributed by atoms with Crippen molar-refractivity contribution < 1.29 is 39.6 Å². The summed E-state index contributed by atoms with van der Waals surface area (Å²) in [5.41, 5.74) is -4.11. The van der Waals surface area contributed by atoms with Crippen LogP contribution in [0.15, 0.2) is 47.4 Å². The summed E-state index contributed by atoms with van der Waals surface area (Å²) in [5.74, 6) is -1.22. The first kappa shape index (κ1) is 22.7. The van der Waals surface area contributed by atoms with Gasteiger partial charge in [0.15, 0.2) is 0 Å². The van der Waals surface area contributed by atoms with E-state index in [9.17, 15) is 39.6 Å². The lowest BCUT2D eigenvalue weighted by Gasteiger charge is -2.14. The quantitative estimate of drug-likeness (QED) is 0.724. The number of halogens is 6. The molecule has 2 aromatic carbocycles. The molecule has 158 valence electrons. The summed E-state index contributed by atoms with van der Waals surface area (Å²) < 4.78 is 102. The van der Waals surface area contributed by atoms with Gasteiger partial charge in [0.1, 0.15) is 0 Å². The zero-order valence-corrected chi connectivity index (χ0v) is 15.7. The first-order valence-electron chi connectivity index (χ1n) is 7.76. The van der Waals surface area contributed by atoms with Gasteiger partial charge in [-0.25, -0.2) is 12.7 Å².